The number of nitrogens with one attached hydrogen (secondary N) is 2. The lowest BCUT2D eigenvalue weighted by Crippen LogP contribution is -2.12. The van der Waals surface area contributed by atoms with Gasteiger partial charge in [0.1, 0.15) is 3.57 Å². The fourth-order valence-electron chi connectivity index (χ4n) is 1.34. The van der Waals surface area contributed by atoms with Crippen molar-refractivity contribution >= 4 is 34.1 Å². The molecule has 0 radical (unpaired) electrons. The average Bonchev–Trinajstić information content (AvgIpc) is 2.80. The van der Waals surface area contributed by atoms with Crippen LogP contribution in [-0.2, 0) is 11.3 Å². The highest BCUT2D eigenvalue weighted by atomic mass is 127. The molecule has 0 fully saturated rings. The SMILES string of the molecule is COCCn1cc(Nc2nc[nH]c(=O)c2I)cn1. The standard InChI is InChI=1S/C10H12IN5O2/c1-18-3-2-16-5-7(4-14-16)15-9-8(11)10(17)13-6-12-9/h4-6H,2-3H2,1H3,(H2,12,13,15,17). The first-order valence-corrected chi connectivity index (χ1v) is 6.30. The molecule has 2 aromatic heterocycles. The minimum Gasteiger partial charge on any atom is -0.383 e. The van der Waals surface area contributed by atoms with Crippen molar-refractivity contribution in [1.82, 2.24) is 19.7 Å². The lowest BCUT2D eigenvalue weighted by Gasteiger charge is -2.03. The van der Waals surface area contributed by atoms with Gasteiger partial charge in [0.05, 0.1) is 31.4 Å². The molecule has 7 nitrogen and oxygen atoms in total. The Bertz CT molecular complexity index is 580. The van der Waals surface area contributed by atoms with Gasteiger partial charge in [0.2, 0.25) is 0 Å². The predicted molar refractivity (Wildman–Crippen MR) is 75.0 cm³/mol. The van der Waals surface area contributed by atoms with Crippen LogP contribution >= 0.6 is 22.6 Å². The van der Waals surface area contributed by atoms with E-state index in [0.29, 0.717) is 22.5 Å². The number of hydrogen-bond donors (Lipinski definition) is 2. The van der Waals surface area contributed by atoms with Crippen LogP contribution in [0, 0.1) is 3.57 Å². The molecule has 0 saturated heterocycles. The van der Waals surface area contributed by atoms with E-state index in [4.69, 9.17) is 4.74 Å². The summed E-state index contributed by atoms with van der Waals surface area (Å²) in [5, 5.41) is 7.21. The topological polar surface area (TPSA) is 84.8 Å². The molecule has 2 rings (SSSR count). The van der Waals surface area contributed by atoms with Crippen LogP contribution in [0.2, 0.25) is 0 Å². The van der Waals surface area contributed by atoms with Crippen molar-refractivity contribution in [2.75, 3.05) is 19.0 Å². The number of aromatic amines is 1. The number of rotatable bonds is 5. The highest BCUT2D eigenvalue weighted by Gasteiger charge is 2.06. The number of nitrogens with zero attached hydrogens (tertiary/aromatic N) is 3. The molecule has 0 unspecified atom stereocenters. The van der Waals surface area contributed by atoms with Gasteiger partial charge in [-0.3, -0.25) is 9.48 Å². The molecule has 96 valence electrons. The minimum atomic E-state index is -0.167. The molecule has 0 aliphatic carbocycles. The van der Waals surface area contributed by atoms with Gasteiger partial charge in [0.25, 0.3) is 5.56 Å². The summed E-state index contributed by atoms with van der Waals surface area (Å²) in [5.41, 5.74) is 0.613. The predicted octanol–water partition coefficient (Wildman–Crippen LogP) is 0.961. The first-order valence-electron chi connectivity index (χ1n) is 5.22. The van der Waals surface area contributed by atoms with Crippen LogP contribution in [0.15, 0.2) is 23.5 Å². The number of methoxy groups -OCH3 is 1. The van der Waals surface area contributed by atoms with E-state index in [2.05, 4.69) is 20.4 Å². The average molecular weight is 361 g/mol. The van der Waals surface area contributed by atoms with Crippen molar-refractivity contribution in [2.45, 2.75) is 6.54 Å². The summed E-state index contributed by atoms with van der Waals surface area (Å²) in [7, 11) is 1.64. The fourth-order valence-corrected chi connectivity index (χ4v) is 1.77. The lowest BCUT2D eigenvalue weighted by molar-refractivity contribution is 0.183. The fraction of sp³-hybridized carbons (Fsp3) is 0.300. The Hall–Kier alpha value is -1.42. The summed E-state index contributed by atoms with van der Waals surface area (Å²) in [4.78, 5) is 18.0. The number of anilines is 2. The molecule has 2 aromatic rings. The van der Waals surface area contributed by atoms with Gasteiger partial charge >= 0.3 is 0 Å². The molecule has 0 spiro atoms. The van der Waals surface area contributed by atoms with E-state index in [9.17, 15) is 4.79 Å². The third kappa shape index (κ3) is 3.07. The Morgan fingerprint density at radius 1 is 1.61 bits per heavy atom. The number of hydrogen-bond acceptors (Lipinski definition) is 5. The van der Waals surface area contributed by atoms with Crippen LogP contribution in [0.4, 0.5) is 11.5 Å². The summed E-state index contributed by atoms with van der Waals surface area (Å²) in [6.45, 7) is 1.28. The first kappa shape index (κ1) is 13.0. The van der Waals surface area contributed by atoms with Crippen molar-refractivity contribution in [2.24, 2.45) is 0 Å². The van der Waals surface area contributed by atoms with Gasteiger partial charge in [-0.25, -0.2) is 4.98 Å². The smallest absolute Gasteiger partial charge is 0.266 e. The Morgan fingerprint density at radius 3 is 3.22 bits per heavy atom. The van der Waals surface area contributed by atoms with Crippen LogP contribution in [-0.4, -0.2) is 33.5 Å². The number of ether oxygens (including phenoxy) is 1. The number of H-pyrrole nitrogens is 1. The van der Waals surface area contributed by atoms with E-state index in [1.54, 1.807) is 18.0 Å². The normalized spacial score (nSPS) is 10.6. The Kier molecular flexibility index (Phi) is 4.31. The molecular weight excluding hydrogens is 349 g/mol. The van der Waals surface area contributed by atoms with Crippen LogP contribution < -0.4 is 10.9 Å². The Morgan fingerprint density at radius 2 is 2.44 bits per heavy atom. The van der Waals surface area contributed by atoms with Crippen molar-refractivity contribution in [3.05, 3.63) is 32.6 Å². The second-order valence-electron chi connectivity index (χ2n) is 3.50. The zero-order valence-corrected chi connectivity index (χ0v) is 11.8. The molecule has 0 aliphatic heterocycles. The van der Waals surface area contributed by atoms with Crippen molar-refractivity contribution < 1.29 is 4.74 Å². The molecular formula is C10H12IN5O2. The molecule has 8 heteroatoms. The van der Waals surface area contributed by atoms with Gasteiger partial charge in [-0.05, 0) is 22.6 Å². The van der Waals surface area contributed by atoms with Crippen LogP contribution in [0.5, 0.6) is 0 Å². The maximum absolute atomic E-state index is 11.4. The van der Waals surface area contributed by atoms with Crippen molar-refractivity contribution in [3.8, 4) is 0 Å². The second kappa shape index (κ2) is 5.96. The van der Waals surface area contributed by atoms with E-state index in [1.807, 2.05) is 28.8 Å². The molecule has 0 aromatic carbocycles. The summed E-state index contributed by atoms with van der Waals surface area (Å²) in [6, 6.07) is 0. The van der Waals surface area contributed by atoms with Crippen LogP contribution in [0.3, 0.4) is 0 Å². The largest absolute Gasteiger partial charge is 0.383 e. The van der Waals surface area contributed by atoms with Crippen molar-refractivity contribution in [3.63, 3.8) is 0 Å². The number of halogens is 1. The molecule has 0 atom stereocenters. The summed E-state index contributed by atoms with van der Waals surface area (Å²) >= 11 is 1.95. The van der Waals surface area contributed by atoms with Gasteiger partial charge < -0.3 is 15.0 Å². The van der Waals surface area contributed by atoms with E-state index >= 15 is 0 Å². The lowest BCUT2D eigenvalue weighted by atomic mass is 10.5. The van der Waals surface area contributed by atoms with Crippen LogP contribution in [0.1, 0.15) is 0 Å². The van der Waals surface area contributed by atoms with Gasteiger partial charge in [-0.2, -0.15) is 5.10 Å². The van der Waals surface area contributed by atoms with Gasteiger partial charge in [-0.15, -0.1) is 0 Å². The highest BCUT2D eigenvalue weighted by Crippen LogP contribution is 2.16. The summed E-state index contributed by atoms with van der Waals surface area (Å²) < 4.78 is 7.24. The molecule has 2 heterocycles. The van der Waals surface area contributed by atoms with E-state index in [0.717, 1.165) is 5.69 Å². The third-order valence-corrected chi connectivity index (χ3v) is 3.22. The van der Waals surface area contributed by atoms with Gasteiger partial charge in [0, 0.05) is 13.3 Å². The highest BCUT2D eigenvalue weighted by molar-refractivity contribution is 14.1. The maximum Gasteiger partial charge on any atom is 0.266 e. The zero-order chi connectivity index (χ0) is 13.0. The molecule has 18 heavy (non-hydrogen) atoms. The summed E-state index contributed by atoms with van der Waals surface area (Å²) in [5.74, 6) is 0.519. The molecule has 0 amide bonds. The second-order valence-corrected chi connectivity index (χ2v) is 4.58. The summed E-state index contributed by atoms with van der Waals surface area (Å²) in [6.07, 6.45) is 4.87. The first-order chi connectivity index (χ1) is 8.70. The Balaban J connectivity index is 2.11. The monoisotopic (exact) mass is 361 g/mol. The van der Waals surface area contributed by atoms with Gasteiger partial charge in [0.15, 0.2) is 5.82 Å². The quantitative estimate of drug-likeness (QED) is 0.775. The van der Waals surface area contributed by atoms with E-state index < -0.39 is 0 Å². The third-order valence-electron chi connectivity index (χ3n) is 2.22. The van der Waals surface area contributed by atoms with Crippen LogP contribution in [0.25, 0.3) is 0 Å². The van der Waals surface area contributed by atoms with Crippen molar-refractivity contribution in [1.29, 1.82) is 0 Å². The molecule has 0 bridgehead atoms. The molecule has 0 aliphatic rings. The number of aromatic nitrogens is 4. The molecule has 0 saturated carbocycles. The van der Waals surface area contributed by atoms with E-state index in [1.165, 1.54) is 6.33 Å². The minimum absolute atomic E-state index is 0.167. The van der Waals surface area contributed by atoms with Gasteiger partial charge in [-0.1, -0.05) is 0 Å². The zero-order valence-electron chi connectivity index (χ0n) is 9.68. The Labute approximate surface area is 117 Å². The maximum atomic E-state index is 11.4. The van der Waals surface area contributed by atoms with E-state index in [-0.39, 0.29) is 5.56 Å². The molecule has 2 N–H and O–H groups in total.